The first-order chi connectivity index (χ1) is 11.3. The Balaban J connectivity index is 2.78. The second-order valence-electron chi connectivity index (χ2n) is 4.99. The van der Waals surface area contributed by atoms with Gasteiger partial charge in [0.25, 0.3) is 11.2 Å². The lowest BCUT2D eigenvalue weighted by Gasteiger charge is -2.19. The van der Waals surface area contributed by atoms with Gasteiger partial charge in [-0.1, -0.05) is 30.8 Å². The first kappa shape index (κ1) is 18.1. The van der Waals surface area contributed by atoms with Crippen LogP contribution < -0.4 is 5.56 Å². The van der Waals surface area contributed by atoms with Gasteiger partial charge in [0.15, 0.2) is 0 Å². The molecule has 1 unspecified atom stereocenters. The molecular formula is C16H13BrClN3O3. The first-order valence-corrected chi connectivity index (χ1v) is 7.97. The van der Waals surface area contributed by atoms with E-state index >= 15 is 0 Å². The molecule has 0 aliphatic carbocycles. The van der Waals surface area contributed by atoms with E-state index in [-0.39, 0.29) is 15.7 Å². The van der Waals surface area contributed by atoms with Gasteiger partial charge in [-0.05, 0) is 40.6 Å². The third-order valence-corrected chi connectivity index (χ3v) is 4.22. The van der Waals surface area contributed by atoms with E-state index in [0.717, 1.165) is 6.20 Å². The van der Waals surface area contributed by atoms with Gasteiger partial charge in [-0.2, -0.15) is 0 Å². The third-order valence-electron chi connectivity index (χ3n) is 3.48. The van der Waals surface area contributed by atoms with Gasteiger partial charge in [-0.15, -0.1) is 0 Å². The quantitative estimate of drug-likeness (QED) is 0.413. The largest absolute Gasteiger partial charge is 0.298 e. The lowest BCUT2D eigenvalue weighted by molar-refractivity contribution is -0.385. The Bertz CT molecular complexity index is 949. The number of hydrogen-bond donors (Lipinski definition) is 0. The highest BCUT2D eigenvalue weighted by atomic mass is 79.9. The molecule has 2 aromatic rings. The zero-order chi connectivity index (χ0) is 18.0. The van der Waals surface area contributed by atoms with Gasteiger partial charge in [0.1, 0.15) is 0 Å². The minimum Gasteiger partial charge on any atom is -0.298 e. The van der Waals surface area contributed by atoms with Crippen LogP contribution in [0.4, 0.5) is 5.69 Å². The predicted octanol–water partition coefficient (Wildman–Crippen LogP) is 4.49. The van der Waals surface area contributed by atoms with E-state index in [0.29, 0.717) is 21.6 Å². The smallest absolute Gasteiger partial charge is 0.285 e. The molecule has 0 radical (unpaired) electrons. The summed E-state index contributed by atoms with van der Waals surface area (Å²) in [5, 5.41) is 11.4. The maximum Gasteiger partial charge on any atom is 0.285 e. The number of aromatic nitrogens is 2. The fraction of sp³-hybridized carbons (Fsp3) is 0.125. The number of fused-ring (bicyclic) bond motifs is 1. The number of hydrogen-bond acceptors (Lipinski definition) is 4. The molecule has 6 nitrogen and oxygen atoms in total. The molecule has 0 N–H and O–H groups in total. The molecule has 2 rings (SSSR count). The predicted molar refractivity (Wildman–Crippen MR) is 98.3 cm³/mol. The van der Waals surface area contributed by atoms with E-state index in [4.69, 9.17) is 11.6 Å². The molecule has 1 aromatic carbocycles. The number of rotatable bonds is 5. The van der Waals surface area contributed by atoms with Crippen molar-refractivity contribution in [2.75, 3.05) is 0 Å². The molecule has 0 spiro atoms. The van der Waals surface area contributed by atoms with Gasteiger partial charge in [0, 0.05) is 11.1 Å². The number of nitro benzene ring substituents is 1. The lowest BCUT2D eigenvalue weighted by Crippen LogP contribution is -2.24. The van der Waals surface area contributed by atoms with E-state index in [1.807, 2.05) is 0 Å². The summed E-state index contributed by atoms with van der Waals surface area (Å²) in [7, 11) is 0. The molecule has 124 valence electrons. The van der Waals surface area contributed by atoms with Crippen LogP contribution in [-0.2, 0) is 0 Å². The Morgan fingerprint density at radius 3 is 2.75 bits per heavy atom. The molecule has 0 bridgehead atoms. The number of halogens is 2. The molecular weight excluding hydrogens is 398 g/mol. The maximum atomic E-state index is 12.3. The summed E-state index contributed by atoms with van der Waals surface area (Å²) >= 11 is 8.99. The summed E-state index contributed by atoms with van der Waals surface area (Å²) in [5.74, 6) is 0. The Morgan fingerprint density at radius 1 is 1.54 bits per heavy atom. The Kier molecular flexibility index (Phi) is 5.36. The van der Waals surface area contributed by atoms with Crippen molar-refractivity contribution < 1.29 is 4.92 Å². The summed E-state index contributed by atoms with van der Waals surface area (Å²) in [6, 6.07) is 2.42. The highest BCUT2D eigenvalue weighted by Crippen LogP contribution is 2.30. The molecule has 0 saturated carbocycles. The topological polar surface area (TPSA) is 78.0 Å². The van der Waals surface area contributed by atoms with Gasteiger partial charge < -0.3 is 0 Å². The van der Waals surface area contributed by atoms with Crippen molar-refractivity contribution in [3.8, 4) is 0 Å². The van der Waals surface area contributed by atoms with E-state index in [1.165, 1.54) is 16.7 Å². The molecule has 0 aliphatic heterocycles. The first-order valence-electron chi connectivity index (χ1n) is 6.80. The average Bonchev–Trinajstić information content (AvgIpc) is 2.50. The van der Waals surface area contributed by atoms with Crippen LogP contribution in [0.3, 0.4) is 0 Å². The average molecular weight is 411 g/mol. The molecule has 0 saturated heterocycles. The number of nitrogens with zero attached hydrogens (tertiary/aromatic N) is 3. The van der Waals surface area contributed by atoms with Crippen molar-refractivity contribution >= 4 is 44.3 Å². The van der Waals surface area contributed by atoms with Crippen LogP contribution in [0.5, 0.6) is 0 Å². The standard InChI is InChI=1S/C16H13BrClN3O3/c1-4-11(5-9(2)18)10(3)20-15-6-12(17)14(21(23)24)7-13(15)19-8-16(20)22/h4-8,10H,1-2H2,3H3/b11-5+. The lowest BCUT2D eigenvalue weighted by atomic mass is 10.1. The molecule has 1 heterocycles. The van der Waals surface area contributed by atoms with Crippen LogP contribution in [0.15, 0.2) is 63.5 Å². The zero-order valence-electron chi connectivity index (χ0n) is 12.7. The normalized spacial score (nSPS) is 12.9. The summed E-state index contributed by atoms with van der Waals surface area (Å²) in [6.45, 7) is 9.13. The fourth-order valence-corrected chi connectivity index (χ4v) is 2.96. The summed E-state index contributed by atoms with van der Waals surface area (Å²) in [5.41, 5.74) is 1.01. The fourth-order valence-electron chi connectivity index (χ4n) is 2.36. The van der Waals surface area contributed by atoms with Crippen LogP contribution in [0.2, 0.25) is 0 Å². The monoisotopic (exact) mass is 409 g/mol. The van der Waals surface area contributed by atoms with E-state index in [9.17, 15) is 14.9 Å². The number of allylic oxidation sites excluding steroid dienone is 4. The van der Waals surface area contributed by atoms with Gasteiger partial charge in [0.05, 0.1) is 32.7 Å². The van der Waals surface area contributed by atoms with Crippen molar-refractivity contribution in [2.24, 2.45) is 0 Å². The van der Waals surface area contributed by atoms with Crippen molar-refractivity contribution in [2.45, 2.75) is 13.0 Å². The second kappa shape index (κ2) is 7.11. The van der Waals surface area contributed by atoms with E-state index < -0.39 is 11.0 Å². The Morgan fingerprint density at radius 2 is 2.21 bits per heavy atom. The molecule has 8 heteroatoms. The summed E-state index contributed by atoms with van der Waals surface area (Å²) in [6.07, 6.45) is 4.32. The third kappa shape index (κ3) is 3.47. The SMILES string of the molecule is C=C/C(=C\C(=C)Cl)C(C)n1c(=O)cnc2cc([N+](=O)[O-])c(Br)cc21. The number of nitro groups is 1. The minimum absolute atomic E-state index is 0.124. The van der Waals surface area contributed by atoms with Gasteiger partial charge >= 0.3 is 0 Å². The minimum atomic E-state index is -0.517. The summed E-state index contributed by atoms with van der Waals surface area (Å²) in [4.78, 5) is 26.9. The molecule has 0 fully saturated rings. The van der Waals surface area contributed by atoms with Crippen LogP contribution in [-0.4, -0.2) is 14.5 Å². The van der Waals surface area contributed by atoms with Crippen LogP contribution in [0.25, 0.3) is 11.0 Å². The van der Waals surface area contributed by atoms with Crippen molar-refractivity contribution in [3.63, 3.8) is 0 Å². The highest BCUT2D eigenvalue weighted by Gasteiger charge is 2.19. The van der Waals surface area contributed by atoms with Crippen molar-refractivity contribution in [1.82, 2.24) is 9.55 Å². The van der Waals surface area contributed by atoms with Gasteiger partial charge in [-0.3, -0.25) is 19.5 Å². The highest BCUT2D eigenvalue weighted by molar-refractivity contribution is 9.10. The molecule has 0 aliphatic rings. The molecule has 0 amide bonds. The molecule has 1 atom stereocenters. The van der Waals surface area contributed by atoms with E-state index in [2.05, 4.69) is 34.1 Å². The van der Waals surface area contributed by atoms with Crippen molar-refractivity contribution in [1.29, 1.82) is 0 Å². The van der Waals surface area contributed by atoms with Crippen LogP contribution in [0, 0.1) is 10.1 Å². The number of benzene rings is 1. The van der Waals surface area contributed by atoms with Crippen LogP contribution >= 0.6 is 27.5 Å². The Hall–Kier alpha value is -2.25. The molecule has 1 aromatic heterocycles. The molecule has 24 heavy (non-hydrogen) atoms. The van der Waals surface area contributed by atoms with Crippen LogP contribution in [0.1, 0.15) is 13.0 Å². The van der Waals surface area contributed by atoms with Gasteiger partial charge in [-0.25, -0.2) is 4.98 Å². The maximum absolute atomic E-state index is 12.3. The van der Waals surface area contributed by atoms with Crippen molar-refractivity contribution in [3.05, 3.63) is 79.2 Å². The zero-order valence-corrected chi connectivity index (χ0v) is 15.0. The second-order valence-corrected chi connectivity index (χ2v) is 6.33. The van der Waals surface area contributed by atoms with E-state index in [1.54, 1.807) is 19.1 Å². The Labute approximate surface area is 151 Å². The summed E-state index contributed by atoms with van der Waals surface area (Å²) < 4.78 is 1.74. The van der Waals surface area contributed by atoms with Gasteiger partial charge in [0.2, 0.25) is 0 Å².